The zero-order valence-electron chi connectivity index (χ0n) is 9.58. The molecular weight excluding hydrogens is 190 g/mol. The summed E-state index contributed by atoms with van der Waals surface area (Å²) in [4.78, 5) is 13.3. The molecule has 0 bridgehead atoms. The van der Waals surface area contributed by atoms with Gasteiger partial charge in [-0.3, -0.25) is 0 Å². The minimum absolute atomic E-state index is 0.211. The predicted octanol–water partition coefficient (Wildman–Crippen LogP) is 2.27. The molecule has 15 heavy (non-hydrogen) atoms. The van der Waals surface area contributed by atoms with Gasteiger partial charge in [0.25, 0.3) is 0 Å². The number of nitrogens with zero attached hydrogens (tertiary/aromatic N) is 1. The van der Waals surface area contributed by atoms with Gasteiger partial charge in [0.1, 0.15) is 0 Å². The van der Waals surface area contributed by atoms with Crippen molar-refractivity contribution >= 4 is 6.09 Å². The summed E-state index contributed by atoms with van der Waals surface area (Å²) in [6.45, 7) is 5.81. The third-order valence-electron chi connectivity index (χ3n) is 2.89. The largest absolute Gasteiger partial charge is 0.436 e. The van der Waals surface area contributed by atoms with Gasteiger partial charge in [-0.25, -0.2) is 4.79 Å². The van der Waals surface area contributed by atoms with E-state index < -0.39 is 0 Å². The molecule has 0 N–H and O–H groups in total. The quantitative estimate of drug-likeness (QED) is 0.653. The van der Waals surface area contributed by atoms with Gasteiger partial charge < -0.3 is 9.64 Å². The fourth-order valence-electron chi connectivity index (χ4n) is 1.79. The van der Waals surface area contributed by atoms with Crippen molar-refractivity contribution in [2.75, 3.05) is 19.7 Å². The Bertz CT molecular complexity index is 257. The maximum atomic E-state index is 11.5. The molecule has 84 valence electrons. The molecule has 1 saturated heterocycles. The summed E-state index contributed by atoms with van der Waals surface area (Å²) in [5, 5.41) is 0. The lowest BCUT2D eigenvalue weighted by molar-refractivity contribution is 0.0971. The van der Waals surface area contributed by atoms with Crippen molar-refractivity contribution in [3.63, 3.8) is 0 Å². The van der Waals surface area contributed by atoms with E-state index in [1.54, 1.807) is 11.8 Å². The summed E-state index contributed by atoms with van der Waals surface area (Å²) < 4.78 is 5.00. The van der Waals surface area contributed by atoms with Crippen molar-refractivity contribution in [1.29, 1.82) is 0 Å². The Morgan fingerprint density at radius 1 is 1.47 bits per heavy atom. The lowest BCUT2D eigenvalue weighted by Crippen LogP contribution is -2.38. The fraction of sp³-hybridized carbons (Fsp3) is 0.750. The minimum Gasteiger partial charge on any atom is -0.436 e. The van der Waals surface area contributed by atoms with Crippen molar-refractivity contribution in [2.45, 2.75) is 33.1 Å². The first-order chi connectivity index (χ1) is 7.27. The lowest BCUT2D eigenvalue weighted by atomic mass is 9.95. The average Bonchev–Trinajstić information content (AvgIpc) is 2.29. The van der Waals surface area contributed by atoms with Gasteiger partial charge in [-0.2, -0.15) is 0 Å². The van der Waals surface area contributed by atoms with Gasteiger partial charge >= 0.3 is 6.09 Å². The first-order valence-corrected chi connectivity index (χ1v) is 5.59. The van der Waals surface area contributed by atoms with Crippen LogP contribution < -0.4 is 0 Å². The second-order valence-electron chi connectivity index (χ2n) is 3.82. The van der Waals surface area contributed by atoms with E-state index in [-0.39, 0.29) is 12.7 Å². The Labute approximate surface area is 91.8 Å². The predicted molar refractivity (Wildman–Crippen MR) is 59.4 cm³/mol. The van der Waals surface area contributed by atoms with Crippen LogP contribution in [0.15, 0.2) is 0 Å². The normalized spacial score (nSPS) is 16.8. The van der Waals surface area contributed by atoms with E-state index in [0.717, 1.165) is 31.8 Å². The lowest BCUT2D eigenvalue weighted by Gasteiger charge is -2.30. The molecule has 1 heterocycles. The van der Waals surface area contributed by atoms with Crippen molar-refractivity contribution in [3.8, 4) is 11.8 Å². The average molecular weight is 209 g/mol. The Morgan fingerprint density at radius 3 is 2.67 bits per heavy atom. The molecule has 1 fully saturated rings. The van der Waals surface area contributed by atoms with Gasteiger partial charge in [-0.05, 0) is 25.7 Å². The van der Waals surface area contributed by atoms with E-state index in [2.05, 4.69) is 18.8 Å². The molecule has 1 aliphatic heterocycles. The summed E-state index contributed by atoms with van der Waals surface area (Å²) in [6, 6.07) is 0. The third-order valence-corrected chi connectivity index (χ3v) is 2.89. The molecule has 0 spiro atoms. The van der Waals surface area contributed by atoms with E-state index in [1.807, 2.05) is 0 Å². The molecule has 0 unspecified atom stereocenters. The molecule has 0 atom stereocenters. The Balaban J connectivity index is 2.25. The minimum atomic E-state index is -0.215. The van der Waals surface area contributed by atoms with Crippen LogP contribution in [-0.4, -0.2) is 30.7 Å². The zero-order chi connectivity index (χ0) is 11.1. The SMILES string of the molecule is CC#CCOC(=O)N1CCC(CC)CC1. The molecule has 1 amide bonds. The molecule has 1 rings (SSSR count). The summed E-state index contributed by atoms with van der Waals surface area (Å²) in [5.74, 6) is 6.20. The van der Waals surface area contributed by atoms with Crippen molar-refractivity contribution in [2.24, 2.45) is 5.92 Å². The van der Waals surface area contributed by atoms with Crippen LogP contribution in [0.4, 0.5) is 4.79 Å². The summed E-state index contributed by atoms with van der Waals surface area (Å²) in [7, 11) is 0. The zero-order valence-corrected chi connectivity index (χ0v) is 9.58. The molecule has 0 radical (unpaired) electrons. The van der Waals surface area contributed by atoms with Crippen LogP contribution in [0.25, 0.3) is 0 Å². The van der Waals surface area contributed by atoms with Crippen LogP contribution in [0.1, 0.15) is 33.1 Å². The number of hydrogen-bond donors (Lipinski definition) is 0. The van der Waals surface area contributed by atoms with Crippen molar-refractivity contribution < 1.29 is 9.53 Å². The van der Waals surface area contributed by atoms with Gasteiger partial charge in [0.2, 0.25) is 0 Å². The molecule has 0 saturated carbocycles. The maximum Gasteiger partial charge on any atom is 0.410 e. The number of carbonyl (C=O) groups excluding carboxylic acids is 1. The summed E-state index contributed by atoms with van der Waals surface area (Å²) >= 11 is 0. The molecule has 0 aromatic carbocycles. The number of rotatable bonds is 2. The number of likely N-dealkylation sites (tertiary alicyclic amines) is 1. The highest BCUT2D eigenvalue weighted by Crippen LogP contribution is 2.20. The third kappa shape index (κ3) is 3.83. The van der Waals surface area contributed by atoms with Gasteiger partial charge in [0.15, 0.2) is 6.61 Å². The van der Waals surface area contributed by atoms with E-state index in [9.17, 15) is 4.79 Å². The smallest absolute Gasteiger partial charge is 0.410 e. The van der Waals surface area contributed by atoms with Gasteiger partial charge in [0.05, 0.1) is 0 Å². The topological polar surface area (TPSA) is 29.5 Å². The number of amides is 1. The van der Waals surface area contributed by atoms with Crippen molar-refractivity contribution in [3.05, 3.63) is 0 Å². The van der Waals surface area contributed by atoms with Crippen LogP contribution in [0.2, 0.25) is 0 Å². The fourth-order valence-corrected chi connectivity index (χ4v) is 1.79. The first-order valence-electron chi connectivity index (χ1n) is 5.59. The molecular formula is C12H19NO2. The Hall–Kier alpha value is -1.17. The second-order valence-corrected chi connectivity index (χ2v) is 3.82. The Morgan fingerprint density at radius 2 is 2.13 bits per heavy atom. The molecule has 3 heteroatoms. The number of carbonyl (C=O) groups is 1. The van der Waals surface area contributed by atoms with Crippen LogP contribution in [0.3, 0.4) is 0 Å². The van der Waals surface area contributed by atoms with Gasteiger partial charge in [-0.1, -0.05) is 19.3 Å². The van der Waals surface area contributed by atoms with Gasteiger partial charge in [0, 0.05) is 13.1 Å². The summed E-state index contributed by atoms with van der Waals surface area (Å²) in [6.07, 6.45) is 3.20. The first kappa shape index (κ1) is 11.9. The van der Waals surface area contributed by atoms with E-state index in [1.165, 1.54) is 6.42 Å². The molecule has 0 aromatic rings. The highest BCUT2D eigenvalue weighted by Gasteiger charge is 2.22. The van der Waals surface area contributed by atoms with Crippen molar-refractivity contribution in [1.82, 2.24) is 4.90 Å². The van der Waals surface area contributed by atoms with Crippen LogP contribution in [0, 0.1) is 17.8 Å². The Kier molecular flexibility index (Phi) is 5.03. The maximum absolute atomic E-state index is 11.5. The molecule has 1 aliphatic rings. The summed E-state index contributed by atoms with van der Waals surface area (Å²) in [5.41, 5.74) is 0. The molecule has 0 aliphatic carbocycles. The number of hydrogen-bond acceptors (Lipinski definition) is 2. The van der Waals surface area contributed by atoms with Crippen LogP contribution in [0.5, 0.6) is 0 Å². The van der Waals surface area contributed by atoms with E-state index in [0.29, 0.717) is 0 Å². The van der Waals surface area contributed by atoms with E-state index >= 15 is 0 Å². The van der Waals surface area contributed by atoms with Crippen LogP contribution >= 0.6 is 0 Å². The standard InChI is InChI=1S/C12H19NO2/c1-3-5-10-15-12(14)13-8-6-11(4-2)7-9-13/h11H,4,6-10H2,1-2H3. The van der Waals surface area contributed by atoms with Gasteiger partial charge in [-0.15, -0.1) is 5.92 Å². The number of ether oxygens (including phenoxy) is 1. The highest BCUT2D eigenvalue weighted by atomic mass is 16.6. The highest BCUT2D eigenvalue weighted by molar-refractivity contribution is 5.67. The monoisotopic (exact) mass is 209 g/mol. The number of piperidine rings is 1. The molecule has 3 nitrogen and oxygen atoms in total. The molecule has 0 aromatic heterocycles. The van der Waals surface area contributed by atoms with Crippen LogP contribution in [-0.2, 0) is 4.74 Å². The second kappa shape index (κ2) is 6.34. The van der Waals surface area contributed by atoms with E-state index in [4.69, 9.17) is 4.74 Å².